The van der Waals surface area contributed by atoms with Gasteiger partial charge in [0.05, 0.1) is 0 Å². The Morgan fingerprint density at radius 1 is 1.11 bits per heavy atom. The summed E-state index contributed by atoms with van der Waals surface area (Å²) in [7, 11) is 4.11. The van der Waals surface area contributed by atoms with Crippen molar-refractivity contribution in [2.75, 3.05) is 0 Å². The van der Waals surface area contributed by atoms with Crippen LogP contribution < -0.4 is 45.9 Å². The predicted octanol–water partition coefficient (Wildman–Crippen LogP) is -5.66. The van der Waals surface area contributed by atoms with E-state index in [-0.39, 0.29) is 40.7 Å². The van der Waals surface area contributed by atoms with Crippen LogP contribution in [0.25, 0.3) is 11.2 Å². The molecule has 18 heavy (non-hydrogen) atoms. The molecule has 0 aromatic carbocycles. The molecule has 0 unspecified atom stereocenters. The minimum atomic E-state index is -1.50. The maximum absolute atomic E-state index is 11.8. The summed E-state index contributed by atoms with van der Waals surface area (Å²) in [5.74, 6) is -1.89. The van der Waals surface area contributed by atoms with E-state index in [1.165, 1.54) is 21.1 Å². The fraction of sp³-hybridized carbons (Fsp3) is 0.333. The Kier molecular flexibility index (Phi) is 3.84. The van der Waals surface area contributed by atoms with Crippen LogP contribution in [0.2, 0.25) is 0 Å². The van der Waals surface area contributed by atoms with Crippen LogP contribution in [0.15, 0.2) is 9.59 Å². The second kappa shape index (κ2) is 4.71. The smallest absolute Gasteiger partial charge is 0.542 e. The van der Waals surface area contributed by atoms with Gasteiger partial charge in [0.15, 0.2) is 17.0 Å². The van der Waals surface area contributed by atoms with E-state index in [4.69, 9.17) is 0 Å². The van der Waals surface area contributed by atoms with Gasteiger partial charge in [-0.3, -0.25) is 13.9 Å². The SMILES string of the molecule is Cn1c(=O)c2c(nc(C(=O)[O-])n2C)n(C)c1=O.[Na+]. The number of rotatable bonds is 1. The van der Waals surface area contributed by atoms with E-state index < -0.39 is 23.0 Å². The first kappa shape index (κ1) is 14.7. The number of carbonyl (C=O) groups excluding carboxylic acids is 1. The van der Waals surface area contributed by atoms with Crippen molar-refractivity contribution in [2.24, 2.45) is 21.1 Å². The molecule has 0 spiro atoms. The van der Waals surface area contributed by atoms with Crippen LogP contribution >= 0.6 is 0 Å². The first-order chi connectivity index (χ1) is 7.86. The topological polar surface area (TPSA) is 102 Å². The van der Waals surface area contributed by atoms with Gasteiger partial charge in [0, 0.05) is 21.1 Å². The summed E-state index contributed by atoms with van der Waals surface area (Å²) in [6.45, 7) is 0. The van der Waals surface area contributed by atoms with Gasteiger partial charge in [-0.15, -0.1) is 0 Å². The normalized spacial score (nSPS) is 10.4. The Morgan fingerprint density at radius 2 is 1.67 bits per heavy atom. The molecular formula is C9H9N4NaO4. The van der Waals surface area contributed by atoms with Crippen molar-refractivity contribution in [1.29, 1.82) is 0 Å². The second-order valence-corrected chi connectivity index (χ2v) is 3.66. The summed E-state index contributed by atoms with van der Waals surface area (Å²) in [4.78, 5) is 38.0. The number of hydrogen-bond acceptors (Lipinski definition) is 5. The van der Waals surface area contributed by atoms with Gasteiger partial charge in [0.2, 0.25) is 0 Å². The van der Waals surface area contributed by atoms with Crippen molar-refractivity contribution in [1.82, 2.24) is 18.7 Å². The van der Waals surface area contributed by atoms with Crippen molar-refractivity contribution in [3.8, 4) is 0 Å². The van der Waals surface area contributed by atoms with Crippen LogP contribution in [0.5, 0.6) is 0 Å². The van der Waals surface area contributed by atoms with Crippen molar-refractivity contribution < 1.29 is 39.5 Å². The molecule has 0 fully saturated rings. The maximum Gasteiger partial charge on any atom is 1.00 e. The van der Waals surface area contributed by atoms with E-state index in [0.717, 1.165) is 13.7 Å². The first-order valence-electron chi connectivity index (χ1n) is 4.70. The Bertz CT molecular complexity index is 754. The molecule has 0 radical (unpaired) electrons. The third-order valence-corrected chi connectivity index (χ3v) is 2.66. The van der Waals surface area contributed by atoms with E-state index in [1.54, 1.807) is 0 Å². The van der Waals surface area contributed by atoms with Crippen LogP contribution in [0.4, 0.5) is 0 Å². The monoisotopic (exact) mass is 260 g/mol. The third-order valence-electron chi connectivity index (χ3n) is 2.66. The number of imidazole rings is 1. The molecule has 90 valence electrons. The van der Waals surface area contributed by atoms with E-state index in [2.05, 4.69) is 4.98 Å². The quantitative estimate of drug-likeness (QED) is 0.476. The van der Waals surface area contributed by atoms with Crippen LogP contribution in [-0.2, 0) is 21.1 Å². The van der Waals surface area contributed by atoms with Gasteiger partial charge in [0.1, 0.15) is 5.97 Å². The number of carbonyl (C=O) groups is 1. The van der Waals surface area contributed by atoms with Crippen LogP contribution in [0.1, 0.15) is 10.6 Å². The van der Waals surface area contributed by atoms with Crippen molar-refractivity contribution in [3.63, 3.8) is 0 Å². The zero-order valence-electron chi connectivity index (χ0n) is 10.4. The molecule has 2 rings (SSSR count). The fourth-order valence-corrected chi connectivity index (χ4v) is 1.70. The Balaban J connectivity index is 0.00000162. The van der Waals surface area contributed by atoms with Gasteiger partial charge in [-0.2, -0.15) is 0 Å². The van der Waals surface area contributed by atoms with E-state index in [9.17, 15) is 19.5 Å². The number of aryl methyl sites for hydroxylation is 2. The minimum Gasteiger partial charge on any atom is -0.542 e. The standard InChI is InChI=1S/C9H10N4O4.Na/c1-11-4-5(10-6(11)8(15)16)12(2)9(17)13(3)7(4)14;/h1-3H3,(H,15,16);/q;+1/p-1. The fourth-order valence-electron chi connectivity index (χ4n) is 1.70. The van der Waals surface area contributed by atoms with E-state index in [0.29, 0.717) is 0 Å². The minimum absolute atomic E-state index is 0. The molecule has 0 saturated heterocycles. The summed E-state index contributed by atoms with van der Waals surface area (Å²) in [5.41, 5.74) is -1.08. The largest absolute Gasteiger partial charge is 1.00 e. The van der Waals surface area contributed by atoms with Gasteiger partial charge < -0.3 is 14.5 Å². The summed E-state index contributed by atoms with van der Waals surface area (Å²) >= 11 is 0. The van der Waals surface area contributed by atoms with Crippen molar-refractivity contribution in [2.45, 2.75) is 0 Å². The maximum atomic E-state index is 11.8. The molecule has 2 aromatic rings. The molecule has 0 aliphatic carbocycles. The number of fused-ring (bicyclic) bond motifs is 1. The average Bonchev–Trinajstić information content (AvgIpc) is 2.62. The first-order valence-corrected chi connectivity index (χ1v) is 4.70. The Hall–Kier alpha value is -1.38. The van der Waals surface area contributed by atoms with Crippen molar-refractivity contribution >= 4 is 17.1 Å². The molecule has 9 heteroatoms. The molecule has 0 aliphatic heterocycles. The number of carboxylic acids is 1. The molecular weight excluding hydrogens is 251 g/mol. The summed E-state index contributed by atoms with van der Waals surface area (Å²) in [6, 6.07) is 0. The van der Waals surface area contributed by atoms with Crippen LogP contribution in [0, 0.1) is 0 Å². The summed E-state index contributed by atoms with van der Waals surface area (Å²) in [6.07, 6.45) is 0. The van der Waals surface area contributed by atoms with Crippen LogP contribution in [0.3, 0.4) is 0 Å². The second-order valence-electron chi connectivity index (χ2n) is 3.66. The number of aromatic carboxylic acids is 1. The number of hydrogen-bond donors (Lipinski definition) is 0. The zero-order valence-corrected chi connectivity index (χ0v) is 12.4. The molecule has 0 atom stereocenters. The Labute approximate surface area is 123 Å². The molecule has 0 amide bonds. The average molecular weight is 260 g/mol. The molecule has 2 heterocycles. The summed E-state index contributed by atoms with van der Waals surface area (Å²) in [5, 5.41) is 10.8. The predicted molar refractivity (Wildman–Crippen MR) is 55.5 cm³/mol. The van der Waals surface area contributed by atoms with Gasteiger partial charge >= 0.3 is 35.2 Å². The van der Waals surface area contributed by atoms with E-state index >= 15 is 0 Å². The van der Waals surface area contributed by atoms with Crippen molar-refractivity contribution in [3.05, 3.63) is 26.7 Å². The molecule has 0 bridgehead atoms. The molecule has 0 saturated carbocycles. The van der Waals surface area contributed by atoms with Gasteiger partial charge in [-0.05, 0) is 0 Å². The molecule has 0 aliphatic rings. The van der Waals surface area contributed by atoms with Gasteiger partial charge in [-0.25, -0.2) is 9.78 Å². The summed E-state index contributed by atoms with van der Waals surface area (Å²) < 4.78 is 3.11. The van der Waals surface area contributed by atoms with E-state index in [1.807, 2.05) is 0 Å². The number of nitrogens with zero attached hydrogens (tertiary/aromatic N) is 4. The zero-order chi connectivity index (χ0) is 12.9. The third kappa shape index (κ3) is 1.82. The number of aromatic nitrogens is 4. The molecule has 0 N–H and O–H groups in total. The van der Waals surface area contributed by atoms with Gasteiger partial charge in [0.25, 0.3) is 5.56 Å². The Morgan fingerprint density at radius 3 is 2.17 bits per heavy atom. The molecule has 2 aromatic heterocycles. The molecule has 8 nitrogen and oxygen atoms in total. The number of carboxylic acid groups (broad SMARTS) is 1. The van der Waals surface area contributed by atoms with Crippen LogP contribution in [-0.4, -0.2) is 24.7 Å². The van der Waals surface area contributed by atoms with Gasteiger partial charge in [-0.1, -0.05) is 0 Å².